The smallest absolute Gasteiger partial charge is 0 e. The largest absolute Gasteiger partial charge is 0 e. The molecule has 9 heteroatoms. The van der Waals surface area contributed by atoms with Crippen molar-refractivity contribution in [3.05, 3.63) is 0 Å². The second-order valence-electron chi connectivity index (χ2n) is 23.0. The SMILES string of the molecule is CC(C)[Si]([Si][Si](C(C)C)(C(C)C)C(C)C)(C(C)C)C(C)C.CC(C)[Si]([Si][Si](C(C)C)(C(C)C)C(C)C)(C(C)C)C(C)C.C[C](C)(C)[Hg].C[C](C)(C)[Hg].[Hg]. The van der Waals surface area contributed by atoms with Gasteiger partial charge in [0.15, 0.2) is 0 Å². The molecule has 0 aromatic heterocycles. The second-order valence-corrected chi connectivity index (χ2v) is 77.7. The van der Waals surface area contributed by atoms with Crippen LogP contribution in [0.15, 0.2) is 0 Å². The minimum atomic E-state index is -1.26. The summed E-state index contributed by atoms with van der Waals surface area (Å²) < 4.78 is 1.39. The van der Waals surface area contributed by atoms with E-state index in [0.29, 0.717) is 5.85 Å². The van der Waals surface area contributed by atoms with Crippen molar-refractivity contribution >= 4 is 47.5 Å². The van der Waals surface area contributed by atoms with E-state index in [2.05, 4.69) is 208 Å². The number of hydrogen-bond donors (Lipinski definition) is 0. The van der Waals surface area contributed by atoms with Gasteiger partial charge in [-0.3, -0.25) is 0 Å². The van der Waals surface area contributed by atoms with Crippen LogP contribution >= 0.6 is 0 Å². The molecule has 0 heterocycles. The second kappa shape index (κ2) is 27.9. The van der Waals surface area contributed by atoms with Crippen LogP contribution in [0.5, 0.6) is 0 Å². The Balaban J connectivity index is -0.000000227. The van der Waals surface area contributed by atoms with Gasteiger partial charge in [0, 0.05) is 75.1 Å². The predicted octanol–water partition coefficient (Wildman–Crippen LogP) is 17.6. The van der Waals surface area contributed by atoms with Crippen molar-refractivity contribution in [1.82, 2.24) is 0 Å². The van der Waals surface area contributed by atoms with Crippen LogP contribution in [-0.4, -0.2) is 47.5 Å². The molecule has 0 aliphatic rings. The molecule has 0 N–H and O–H groups in total. The van der Waals surface area contributed by atoms with Gasteiger partial charge in [-0.15, -0.1) is 0 Å². The molecule has 0 rings (SSSR count). The molecule has 0 amide bonds. The van der Waals surface area contributed by atoms with Gasteiger partial charge in [0.05, 0.1) is 0 Å². The predicted molar refractivity (Wildman–Crippen MR) is 255 cm³/mol. The Hall–Kier alpha value is 4.11. The third kappa shape index (κ3) is 21.2. The van der Waals surface area contributed by atoms with E-state index >= 15 is 0 Å². The van der Waals surface area contributed by atoms with Crippen molar-refractivity contribution in [2.24, 2.45) is 0 Å². The van der Waals surface area contributed by atoms with Crippen LogP contribution in [0.3, 0.4) is 0 Å². The Morgan fingerprint density at radius 1 is 0.264 bits per heavy atom. The first-order chi connectivity index (χ1) is 22.7. The molecule has 0 atom stereocenters. The van der Waals surface area contributed by atoms with Gasteiger partial charge in [-0.1, -0.05) is 233 Å². The fraction of sp³-hybridized carbons (Fsp3) is 1.00. The summed E-state index contributed by atoms with van der Waals surface area (Å²) in [7, 11) is -2.42. The molecule has 0 aliphatic carbocycles. The molecule has 0 nitrogen and oxygen atoms in total. The van der Waals surface area contributed by atoms with Crippen molar-refractivity contribution in [3.63, 3.8) is 0 Å². The Kier molecular flexibility index (Phi) is 34.9. The molecule has 0 aromatic carbocycles. The summed E-state index contributed by atoms with van der Waals surface area (Å²) in [4.78, 5) is 0. The van der Waals surface area contributed by atoms with E-state index in [-0.39, 0.29) is 27.7 Å². The molecule has 308 valence electrons. The van der Waals surface area contributed by atoms with Gasteiger partial charge < -0.3 is 0 Å². The van der Waals surface area contributed by atoms with Gasteiger partial charge >= 0.3 is 99.6 Å². The molecule has 0 aromatic rings. The van der Waals surface area contributed by atoms with E-state index in [4.69, 9.17) is 0 Å². The minimum absolute atomic E-state index is 0. The molecule has 0 unspecified atom stereocenters. The third-order valence-electron chi connectivity index (χ3n) is 12.3. The monoisotopic (exact) mass is 1400 g/mol. The number of rotatable bonds is 16. The van der Waals surface area contributed by atoms with Crippen LogP contribution < -0.4 is 0 Å². The normalized spacial score (nSPS) is 13.8. The van der Waals surface area contributed by atoms with Gasteiger partial charge in [0.25, 0.3) is 0 Å². The van der Waals surface area contributed by atoms with Gasteiger partial charge in [-0.25, -0.2) is 0 Å². The first-order valence-electron chi connectivity index (χ1n) is 22.0. The van der Waals surface area contributed by atoms with E-state index in [1.807, 2.05) is 0 Å². The average molecular weight is 1400 g/mol. The zero-order valence-electron chi connectivity index (χ0n) is 43.0. The van der Waals surface area contributed by atoms with Crippen LogP contribution in [0, 0.1) is 0 Å². The third-order valence-corrected chi connectivity index (χ3v) is 78.6. The molecule has 0 aliphatic heterocycles. The van der Waals surface area contributed by atoms with Gasteiger partial charge in [0.2, 0.25) is 0 Å². The van der Waals surface area contributed by atoms with Gasteiger partial charge in [0.1, 0.15) is 0 Å². The summed E-state index contributed by atoms with van der Waals surface area (Å²) in [5.74, 6) is 0. The molecular weight excluding hydrogens is 1300 g/mol. The molecule has 0 saturated carbocycles. The molecule has 0 fully saturated rings. The van der Waals surface area contributed by atoms with Crippen LogP contribution in [0.1, 0.15) is 208 Å². The summed E-state index contributed by atoms with van der Waals surface area (Å²) >= 11 is 1.91. The molecule has 0 bridgehead atoms. The van der Waals surface area contributed by atoms with Crippen LogP contribution in [-0.2, 0) is 79.9 Å². The van der Waals surface area contributed by atoms with Crippen LogP contribution in [0.4, 0.5) is 0 Å². The first kappa shape index (κ1) is 66.2. The van der Waals surface area contributed by atoms with E-state index in [0.717, 1.165) is 119 Å². The van der Waals surface area contributed by atoms with Crippen LogP contribution in [0.2, 0.25) is 72.3 Å². The van der Waals surface area contributed by atoms with Crippen molar-refractivity contribution in [2.75, 3.05) is 0 Å². The molecule has 0 saturated heterocycles. The topological polar surface area (TPSA) is 0 Å². The Bertz CT molecular complexity index is 678. The van der Waals surface area contributed by atoms with Gasteiger partial charge in [-0.2, -0.15) is 0 Å². The van der Waals surface area contributed by atoms with Gasteiger partial charge in [-0.05, 0) is 0 Å². The fourth-order valence-corrected chi connectivity index (χ4v) is 91.0. The standard InChI is InChI=1S/2C18H42Si3.2C4H9.3Hg/c2*1-13(2)20(14(3)4,15(5)6)19-21(16(7)8,17(9)10)18(11)12;2*1-4(2)3;;;/h2*13-18H,1-12H3;2*1-3H3;;;. The van der Waals surface area contributed by atoms with Crippen molar-refractivity contribution in [2.45, 2.75) is 280 Å². The van der Waals surface area contributed by atoms with Crippen molar-refractivity contribution in [1.29, 1.82) is 0 Å². The van der Waals surface area contributed by atoms with E-state index in [1.54, 1.807) is 0 Å². The Morgan fingerprint density at radius 2 is 0.321 bits per heavy atom. The molecule has 4 radical (unpaired) electrons. The average Bonchev–Trinajstić information content (AvgIpc) is 2.85. The van der Waals surface area contributed by atoms with Crippen LogP contribution in [0.25, 0.3) is 0 Å². The molecule has 53 heavy (non-hydrogen) atoms. The fourth-order valence-electron chi connectivity index (χ4n) is 10.5. The summed E-state index contributed by atoms with van der Waals surface area (Å²) in [5, 5.41) is 0. The zero-order chi connectivity index (χ0) is 43.3. The minimum Gasteiger partial charge on any atom is 0 e. The van der Waals surface area contributed by atoms with Crippen molar-refractivity contribution < 1.29 is 79.9 Å². The van der Waals surface area contributed by atoms with E-state index in [1.165, 1.54) is 17.1 Å². The maximum atomic E-state index is 2.54. The zero-order valence-corrected chi connectivity index (χ0v) is 65.5. The molecular formula is C44H102Hg3Si6. The summed E-state index contributed by atoms with van der Waals surface area (Å²) in [6.07, 6.45) is 0. The van der Waals surface area contributed by atoms with E-state index < -0.39 is 30.4 Å². The van der Waals surface area contributed by atoms with Crippen molar-refractivity contribution in [3.8, 4) is 0 Å². The Morgan fingerprint density at radius 3 is 0.358 bits per heavy atom. The van der Waals surface area contributed by atoms with E-state index in [9.17, 15) is 0 Å². The number of hydrogen-bond acceptors (Lipinski definition) is 0. The maximum absolute atomic E-state index is 2.54. The Labute approximate surface area is 402 Å². The quantitative estimate of drug-likeness (QED) is 0.135. The first-order valence-corrected chi connectivity index (χ1v) is 42.5. The summed E-state index contributed by atoms with van der Waals surface area (Å²) in [6.45, 7) is 74.6. The summed E-state index contributed by atoms with van der Waals surface area (Å²) in [6, 6.07) is 0. The molecule has 0 spiro atoms. The maximum Gasteiger partial charge on any atom is 0 e. The summed E-state index contributed by atoms with van der Waals surface area (Å²) in [5.41, 5.74) is 11.0.